The fourth-order valence-corrected chi connectivity index (χ4v) is 11.5. The first kappa shape index (κ1) is 60.3. The first-order valence-corrected chi connectivity index (χ1v) is 28.4. The van der Waals surface area contributed by atoms with E-state index in [1.54, 1.807) is 0 Å². The van der Waals surface area contributed by atoms with E-state index in [2.05, 4.69) is 31.9 Å². The number of carboxylic acids is 1. The van der Waals surface area contributed by atoms with E-state index in [9.17, 15) is 54.9 Å². The number of carboxylic acid groups (broad SMARTS) is 1. The minimum Gasteiger partial charge on any atom is -0.508 e. The Morgan fingerprint density at radius 1 is 0.538 bits per heavy atom. The Kier molecular flexibility index (Phi) is 15.8. The van der Waals surface area contributed by atoms with Crippen molar-refractivity contribution in [3.8, 4) is 80.1 Å². The van der Waals surface area contributed by atoms with Crippen LogP contribution in [0.5, 0.6) is 69.0 Å². The Balaban J connectivity index is 1.11. The molecule has 7 aromatic rings. The minimum absolute atomic E-state index is 0.00796. The number of fused-ring (bicyclic) bond motifs is 14. The molecule has 0 spiro atoms. The van der Waals surface area contributed by atoms with Crippen LogP contribution in [0.15, 0.2) is 115 Å². The zero-order chi connectivity index (χ0) is 64.4. The maximum Gasteiger partial charge on any atom is 0.347 e. The highest BCUT2D eigenvalue weighted by atomic mass is 35.5. The number of cyclic esters (lactones) is 1. The highest BCUT2D eigenvalue weighted by Gasteiger charge is 2.42. The average molecular weight is 1280 g/mol. The molecule has 1 fully saturated rings. The maximum absolute atomic E-state index is 16.0. The van der Waals surface area contributed by atoms with Gasteiger partial charge in [-0.05, 0) is 112 Å². The van der Waals surface area contributed by atoms with Gasteiger partial charge in [0.05, 0.1) is 16.7 Å². The standard InChI is InChI=1S/C62H49Cl2N7O20/c63-34-11-23-1-7-40(34)89-44-18-28-19-45(54(44)91-42-9-10-87-62(42)86)90-41-8-4-26(16-35(41)64)53(77)52-60(83)70-51(61(84)85)33-21-30(73)22-39(76)46(33)32-15-25(3-5-37(32)74)48(57(80)71-52)68-59(82)50(28)69-58(81)49-27-13-29(72)20-31(14-27)88-43-17-24(2-6-38(43)75)47(65)56(79)66-36(12-23)55(78)67-49/h1-8,11,13-22,36,42,47-53,72-77H,9-10,12,65H2,(H,66,79)(H,67,78)(H,68,82)(H,69,81)(H,70,83)(H,71,80)(H,84,85)/t36-,42?,47+,48-,49+,50-,51+,52+,53-/m1/s1. The second-order valence-electron chi connectivity index (χ2n) is 21.6. The van der Waals surface area contributed by atoms with Crippen LogP contribution in [0.2, 0.25) is 10.0 Å². The van der Waals surface area contributed by atoms with Crippen molar-refractivity contribution in [2.24, 2.45) is 5.73 Å². The molecule has 7 aliphatic rings. The van der Waals surface area contributed by atoms with Crippen molar-refractivity contribution < 1.29 is 97.8 Å². The topological polar surface area (TPSA) is 423 Å². The molecular weight excluding hydrogens is 1230 g/mol. The van der Waals surface area contributed by atoms with E-state index in [0.717, 1.165) is 54.6 Å². The van der Waals surface area contributed by atoms with Gasteiger partial charge in [0.1, 0.15) is 82.6 Å². The van der Waals surface area contributed by atoms with Gasteiger partial charge in [0.2, 0.25) is 41.2 Å². The van der Waals surface area contributed by atoms with Crippen LogP contribution in [0, 0.1) is 0 Å². The number of rotatable bonds is 3. The third-order valence-electron chi connectivity index (χ3n) is 15.6. The monoisotopic (exact) mass is 1280 g/mol. The predicted molar refractivity (Wildman–Crippen MR) is 313 cm³/mol. The van der Waals surface area contributed by atoms with E-state index >= 15 is 19.2 Å². The van der Waals surface area contributed by atoms with Crippen molar-refractivity contribution in [1.82, 2.24) is 31.9 Å². The molecule has 91 heavy (non-hydrogen) atoms. The number of nitrogens with two attached hydrogens (primary N) is 1. The highest BCUT2D eigenvalue weighted by Crippen LogP contribution is 2.49. The first-order chi connectivity index (χ1) is 43.4. The summed E-state index contributed by atoms with van der Waals surface area (Å²) in [5.74, 6) is -15.3. The van der Waals surface area contributed by atoms with E-state index in [4.69, 9.17) is 52.6 Å². The van der Waals surface area contributed by atoms with Crippen molar-refractivity contribution in [1.29, 1.82) is 0 Å². The molecule has 0 radical (unpaired) electrons. The van der Waals surface area contributed by atoms with Crippen LogP contribution in [0.3, 0.4) is 0 Å². The number of hydrogen-bond acceptors (Lipinski definition) is 20. The van der Waals surface area contributed by atoms with Crippen LogP contribution < -0.4 is 56.6 Å². The van der Waals surface area contributed by atoms with E-state index < -0.39 is 153 Å². The summed E-state index contributed by atoms with van der Waals surface area (Å²) in [7, 11) is 0. The molecular formula is C62H49Cl2N7O20. The van der Waals surface area contributed by atoms with Crippen LogP contribution in [-0.4, -0.2) is 108 Å². The minimum atomic E-state index is -2.22. The number of hydrogen-bond donors (Lipinski definition) is 14. The lowest BCUT2D eigenvalue weighted by Gasteiger charge is -2.31. The van der Waals surface area contributed by atoms with Crippen LogP contribution in [0.25, 0.3) is 11.1 Å². The summed E-state index contributed by atoms with van der Waals surface area (Å²) < 4.78 is 30.7. The van der Waals surface area contributed by atoms with Gasteiger partial charge in [-0.2, -0.15) is 0 Å². The maximum atomic E-state index is 16.0. The Labute approximate surface area is 522 Å². The molecule has 17 bridgehead atoms. The summed E-state index contributed by atoms with van der Waals surface area (Å²) in [6, 6.07) is 8.21. The van der Waals surface area contributed by atoms with E-state index in [-0.39, 0.29) is 91.8 Å². The number of nitrogens with one attached hydrogen (secondary N) is 6. The summed E-state index contributed by atoms with van der Waals surface area (Å²) >= 11 is 14.0. The number of carbonyl (C=O) groups is 8. The average Bonchev–Trinajstić information content (AvgIpc) is 1.16. The molecule has 15 N–H and O–H groups in total. The van der Waals surface area contributed by atoms with Gasteiger partial charge in [-0.3, -0.25) is 28.8 Å². The molecule has 1 unspecified atom stereocenters. The number of aromatic hydroxyl groups is 5. The van der Waals surface area contributed by atoms with Crippen LogP contribution in [-0.2, 0) is 49.5 Å². The lowest BCUT2D eigenvalue weighted by atomic mass is 9.89. The number of carbonyl (C=O) groups excluding carboxylic acids is 7. The summed E-state index contributed by atoms with van der Waals surface area (Å²) in [6.07, 6.45) is -3.87. The number of halogens is 2. The van der Waals surface area contributed by atoms with Crippen LogP contribution in [0.1, 0.15) is 81.7 Å². The van der Waals surface area contributed by atoms with Gasteiger partial charge in [0, 0.05) is 41.7 Å². The van der Waals surface area contributed by atoms with E-state index in [1.165, 1.54) is 60.7 Å². The van der Waals surface area contributed by atoms with E-state index in [1.807, 2.05) is 0 Å². The van der Waals surface area contributed by atoms with Crippen LogP contribution in [0.4, 0.5) is 0 Å². The quantitative estimate of drug-likeness (QED) is 0.104. The predicted octanol–water partition coefficient (Wildman–Crippen LogP) is 4.97. The fourth-order valence-electron chi connectivity index (χ4n) is 11.1. The van der Waals surface area contributed by atoms with Gasteiger partial charge in [-0.15, -0.1) is 0 Å². The largest absolute Gasteiger partial charge is 0.508 e. The van der Waals surface area contributed by atoms with Crippen molar-refractivity contribution in [3.63, 3.8) is 0 Å². The third kappa shape index (κ3) is 11.8. The SMILES string of the molecule is N[C@@H]1C(=O)N[C@@H]2Cc3ccc(c(Cl)c3)Oc3cc4cc(c3OC3CCOC3=O)Oc3ccc(cc3Cl)[C@@H](O)[C@@H]3NC(=O)[C@H](NC(=O)[C@@H]4NC(=O)[C@@H](NC2=O)c2cc(O)cc(c2)Oc2cc1ccc2O)c1ccc(O)c(c1)-c1c(O)cc(O)cc1[C@@H](C(=O)O)NC3=O. The molecule has 27 nitrogen and oxygen atoms in total. The lowest BCUT2D eigenvalue weighted by Crippen LogP contribution is -2.55. The molecule has 0 aliphatic carbocycles. The molecule has 1 saturated heterocycles. The molecule has 7 aliphatic heterocycles. The summed E-state index contributed by atoms with van der Waals surface area (Å²) in [6.45, 7) is -0.0805. The zero-order valence-corrected chi connectivity index (χ0v) is 48.1. The van der Waals surface area contributed by atoms with Gasteiger partial charge < -0.3 is 97.1 Å². The van der Waals surface area contributed by atoms with Gasteiger partial charge in [-0.1, -0.05) is 47.5 Å². The molecule has 466 valence electrons. The Morgan fingerprint density at radius 2 is 1.14 bits per heavy atom. The second-order valence-corrected chi connectivity index (χ2v) is 22.5. The molecule has 14 rings (SSSR count). The Morgan fingerprint density at radius 3 is 1.81 bits per heavy atom. The number of amides is 6. The lowest BCUT2D eigenvalue weighted by molar-refractivity contribution is -0.144. The molecule has 0 saturated carbocycles. The third-order valence-corrected chi connectivity index (χ3v) is 16.2. The number of phenolic OH excluding ortho intramolecular Hbond substituents is 5. The molecule has 29 heteroatoms. The molecule has 0 aromatic heterocycles. The fraction of sp³-hybridized carbons (Fsp3) is 0.194. The van der Waals surface area contributed by atoms with Crippen LogP contribution >= 0.6 is 23.2 Å². The number of phenols is 5. The number of esters is 1. The number of aliphatic hydroxyl groups is 1. The summed E-state index contributed by atoms with van der Waals surface area (Å²) in [4.78, 5) is 117. The van der Waals surface area contributed by atoms with Crippen molar-refractivity contribution in [2.75, 3.05) is 6.61 Å². The molecule has 6 amide bonds. The zero-order valence-electron chi connectivity index (χ0n) is 46.6. The second kappa shape index (κ2) is 23.8. The van der Waals surface area contributed by atoms with E-state index in [0.29, 0.717) is 5.56 Å². The molecule has 7 heterocycles. The normalized spacial score (nSPS) is 22.9. The number of ether oxygens (including phenoxy) is 5. The van der Waals surface area contributed by atoms with Gasteiger partial charge in [0.25, 0.3) is 0 Å². The Hall–Kier alpha value is -11.0. The molecule has 9 atom stereocenters. The van der Waals surface area contributed by atoms with Gasteiger partial charge in [0.15, 0.2) is 35.1 Å². The first-order valence-electron chi connectivity index (χ1n) is 27.6. The summed E-state index contributed by atoms with van der Waals surface area (Å²) in [5, 5.41) is 93.5. The highest BCUT2D eigenvalue weighted by molar-refractivity contribution is 6.32. The van der Waals surface area contributed by atoms with Gasteiger partial charge in [-0.25, -0.2) is 9.59 Å². The number of benzene rings is 7. The molecule has 7 aromatic carbocycles. The van der Waals surface area contributed by atoms with Crippen molar-refractivity contribution in [3.05, 3.63) is 164 Å². The van der Waals surface area contributed by atoms with Gasteiger partial charge >= 0.3 is 11.9 Å². The van der Waals surface area contributed by atoms with Crippen molar-refractivity contribution >= 4 is 70.6 Å². The summed E-state index contributed by atoms with van der Waals surface area (Å²) in [5.41, 5.74) is 4.37. The Bertz CT molecular complexity index is 4280. The smallest absolute Gasteiger partial charge is 0.347 e. The number of aliphatic hydroxyl groups excluding tert-OH is 1. The number of aliphatic carboxylic acids is 1. The van der Waals surface area contributed by atoms with Crippen molar-refractivity contribution in [2.45, 2.75) is 67.3 Å².